The van der Waals surface area contributed by atoms with Gasteiger partial charge in [0.1, 0.15) is 19.3 Å². The van der Waals surface area contributed by atoms with Crippen molar-refractivity contribution >= 4 is 13.8 Å². The van der Waals surface area contributed by atoms with Gasteiger partial charge in [0, 0.05) is 13.0 Å². The molecule has 1 N–H and O–H groups in total. The summed E-state index contributed by atoms with van der Waals surface area (Å²) in [5, 5.41) is 0. The molecular formula is C54H103NO7P+. The third-order valence-corrected chi connectivity index (χ3v) is 12.4. The van der Waals surface area contributed by atoms with Crippen LogP contribution in [0.4, 0.5) is 0 Å². The maximum atomic E-state index is 12.8. The maximum Gasteiger partial charge on any atom is 0.472 e. The summed E-state index contributed by atoms with van der Waals surface area (Å²) >= 11 is 0. The number of rotatable bonds is 49. The fourth-order valence-electron chi connectivity index (χ4n) is 7.33. The molecule has 370 valence electrons. The second-order valence-electron chi connectivity index (χ2n) is 18.9. The van der Waals surface area contributed by atoms with Gasteiger partial charge in [0.05, 0.1) is 34.4 Å². The molecule has 0 bridgehead atoms. The van der Waals surface area contributed by atoms with Crippen LogP contribution in [0.1, 0.15) is 232 Å². The van der Waals surface area contributed by atoms with E-state index in [1.54, 1.807) is 0 Å². The Balaban J connectivity index is 4.10. The fraction of sp³-hybridized carbons (Fsp3) is 0.833. The van der Waals surface area contributed by atoms with Crippen LogP contribution >= 0.6 is 7.82 Å². The van der Waals surface area contributed by atoms with Gasteiger partial charge in [-0.25, -0.2) is 4.57 Å². The van der Waals surface area contributed by atoms with Gasteiger partial charge in [-0.15, -0.1) is 0 Å². The molecule has 9 heteroatoms. The highest BCUT2D eigenvalue weighted by Gasteiger charge is 2.26. The lowest BCUT2D eigenvalue weighted by atomic mass is 10.0. The van der Waals surface area contributed by atoms with Crippen LogP contribution in [0.15, 0.2) is 48.6 Å². The van der Waals surface area contributed by atoms with E-state index >= 15 is 0 Å². The van der Waals surface area contributed by atoms with Gasteiger partial charge in [-0.2, -0.15) is 0 Å². The number of phosphoric ester groups is 1. The van der Waals surface area contributed by atoms with Gasteiger partial charge >= 0.3 is 13.8 Å². The molecular weight excluding hydrogens is 806 g/mol. The number of carbonyl (C=O) groups is 1. The van der Waals surface area contributed by atoms with Crippen molar-refractivity contribution in [1.29, 1.82) is 0 Å². The Bertz CT molecular complexity index is 1150. The summed E-state index contributed by atoms with van der Waals surface area (Å²) in [6, 6.07) is 0. The summed E-state index contributed by atoms with van der Waals surface area (Å²) in [5.74, 6) is -0.322. The molecule has 0 radical (unpaired) electrons. The molecule has 0 aromatic carbocycles. The second kappa shape index (κ2) is 47.0. The number of likely N-dealkylation sites (N-methyl/N-ethyl adjacent to an activating group) is 1. The minimum atomic E-state index is -4.28. The van der Waals surface area contributed by atoms with Crippen molar-refractivity contribution in [3.63, 3.8) is 0 Å². The van der Waals surface area contributed by atoms with Crippen molar-refractivity contribution in [3.8, 4) is 0 Å². The predicted octanol–water partition coefficient (Wildman–Crippen LogP) is 16.3. The van der Waals surface area contributed by atoms with Crippen LogP contribution in [0, 0.1) is 0 Å². The largest absolute Gasteiger partial charge is 0.472 e. The first kappa shape index (κ1) is 61.5. The molecule has 0 aromatic heterocycles. The predicted molar refractivity (Wildman–Crippen MR) is 270 cm³/mol. The van der Waals surface area contributed by atoms with Gasteiger partial charge in [0.15, 0.2) is 0 Å². The molecule has 0 aliphatic carbocycles. The lowest BCUT2D eigenvalue weighted by Gasteiger charge is -2.24. The molecule has 0 saturated carbocycles. The smallest absolute Gasteiger partial charge is 0.457 e. The zero-order chi connectivity index (χ0) is 46.2. The Labute approximate surface area is 390 Å². The minimum Gasteiger partial charge on any atom is -0.457 e. The molecule has 0 fully saturated rings. The fourth-order valence-corrected chi connectivity index (χ4v) is 8.07. The highest BCUT2D eigenvalue weighted by molar-refractivity contribution is 7.47. The number of carbonyl (C=O) groups excluding carboxylic acids is 1. The van der Waals surface area contributed by atoms with E-state index in [0.29, 0.717) is 24.1 Å². The molecule has 2 atom stereocenters. The molecule has 2 unspecified atom stereocenters. The summed E-state index contributed by atoms with van der Waals surface area (Å²) in [7, 11) is 1.66. The molecule has 0 aliphatic heterocycles. The number of quaternary nitrogens is 1. The van der Waals surface area contributed by atoms with Crippen LogP contribution in [0.25, 0.3) is 0 Å². The molecule has 8 nitrogen and oxygen atoms in total. The lowest BCUT2D eigenvalue weighted by molar-refractivity contribution is -0.870. The van der Waals surface area contributed by atoms with E-state index in [1.807, 2.05) is 21.1 Å². The molecule has 0 aliphatic rings. The zero-order valence-electron chi connectivity index (χ0n) is 42.1. The Kier molecular flexibility index (Phi) is 45.8. The highest BCUT2D eigenvalue weighted by Crippen LogP contribution is 2.43. The van der Waals surface area contributed by atoms with Gasteiger partial charge in [0.2, 0.25) is 0 Å². The van der Waals surface area contributed by atoms with E-state index in [1.165, 1.54) is 154 Å². The number of nitrogens with zero attached hydrogens (tertiary/aromatic N) is 1. The van der Waals surface area contributed by atoms with Crippen molar-refractivity contribution in [1.82, 2.24) is 0 Å². The lowest BCUT2D eigenvalue weighted by Crippen LogP contribution is -2.37. The first-order chi connectivity index (χ1) is 30.6. The number of esters is 1. The highest BCUT2D eigenvalue weighted by atomic mass is 31.2. The third kappa shape index (κ3) is 51.3. The topological polar surface area (TPSA) is 91.3 Å². The van der Waals surface area contributed by atoms with Crippen LogP contribution in [0.3, 0.4) is 0 Å². The SMILES string of the molecule is CC/C=C\C/C=C\C/C=C\CCCCCCCCCC(=O)OC(COCCCCCCCCCCCCCC/C=C\CCCCCCCCCC)COP(=O)(O)OCC[N+](C)(C)C. The van der Waals surface area contributed by atoms with E-state index in [4.69, 9.17) is 18.5 Å². The molecule has 63 heavy (non-hydrogen) atoms. The van der Waals surface area contributed by atoms with E-state index in [2.05, 4.69) is 62.5 Å². The third-order valence-electron chi connectivity index (χ3n) is 11.4. The van der Waals surface area contributed by atoms with Gasteiger partial charge in [-0.05, 0) is 70.6 Å². The van der Waals surface area contributed by atoms with Crippen molar-refractivity contribution < 1.29 is 37.3 Å². The van der Waals surface area contributed by atoms with Crippen molar-refractivity contribution in [2.24, 2.45) is 0 Å². The van der Waals surface area contributed by atoms with Crippen LogP contribution in [0.5, 0.6) is 0 Å². The monoisotopic (exact) mass is 909 g/mol. The number of hydrogen-bond acceptors (Lipinski definition) is 6. The standard InChI is InChI=1S/C54H102NO7P/c1-6-8-10-12-14-16-18-20-22-24-25-26-27-28-29-30-32-34-36-38-40-42-44-46-49-59-51-53(52-61-63(57,58)60-50-48-55(3,4)5)62-54(56)47-45-43-41-39-37-35-33-31-23-21-19-17-15-13-11-9-7-2/h9,11,15,17,21,23-25,53H,6-8,10,12-14,16,18-20,22,26-52H2,1-5H3/p+1/b11-9-,17-15-,23-21-,25-24-. The van der Waals surface area contributed by atoms with Crippen LogP contribution in [0.2, 0.25) is 0 Å². The first-order valence-corrected chi connectivity index (χ1v) is 27.9. The summed E-state index contributed by atoms with van der Waals surface area (Å²) < 4.78 is 35.2. The molecule has 0 rings (SSSR count). The first-order valence-electron chi connectivity index (χ1n) is 26.4. The zero-order valence-corrected chi connectivity index (χ0v) is 43.0. The van der Waals surface area contributed by atoms with Crippen molar-refractivity contribution in [2.75, 3.05) is 54.1 Å². The van der Waals surface area contributed by atoms with E-state index in [9.17, 15) is 14.3 Å². The number of allylic oxidation sites excluding steroid dienone is 8. The minimum absolute atomic E-state index is 0.0858. The normalized spacial score (nSPS) is 13.9. The van der Waals surface area contributed by atoms with Gasteiger partial charge in [-0.3, -0.25) is 13.8 Å². The van der Waals surface area contributed by atoms with E-state index in [0.717, 1.165) is 57.8 Å². The van der Waals surface area contributed by atoms with E-state index < -0.39 is 13.9 Å². The molecule has 0 saturated heterocycles. The number of hydrogen-bond donors (Lipinski definition) is 1. The van der Waals surface area contributed by atoms with Gasteiger partial charge < -0.3 is 18.9 Å². The molecule has 0 aromatic rings. The van der Waals surface area contributed by atoms with Crippen LogP contribution in [-0.2, 0) is 27.9 Å². The summed E-state index contributed by atoms with van der Waals surface area (Å²) in [4.78, 5) is 23.0. The Morgan fingerprint density at radius 2 is 0.921 bits per heavy atom. The van der Waals surface area contributed by atoms with Crippen molar-refractivity contribution in [2.45, 2.75) is 238 Å². The molecule has 0 heterocycles. The Morgan fingerprint density at radius 3 is 1.40 bits per heavy atom. The van der Waals surface area contributed by atoms with Gasteiger partial charge in [-0.1, -0.05) is 204 Å². The Morgan fingerprint density at radius 1 is 0.508 bits per heavy atom. The van der Waals surface area contributed by atoms with Gasteiger partial charge in [0.25, 0.3) is 0 Å². The average Bonchev–Trinajstić information content (AvgIpc) is 3.24. The second-order valence-corrected chi connectivity index (χ2v) is 20.3. The average molecular weight is 909 g/mol. The summed E-state index contributed by atoms with van der Waals surface area (Å²) in [5.41, 5.74) is 0. The van der Waals surface area contributed by atoms with Crippen LogP contribution < -0.4 is 0 Å². The quantitative estimate of drug-likeness (QED) is 0.0214. The maximum absolute atomic E-state index is 12.8. The summed E-state index contributed by atoms with van der Waals surface area (Å²) in [6.45, 7) is 5.53. The van der Waals surface area contributed by atoms with Crippen molar-refractivity contribution in [3.05, 3.63) is 48.6 Å². The molecule has 0 spiro atoms. The molecule has 0 amide bonds. The van der Waals surface area contributed by atoms with E-state index in [-0.39, 0.29) is 25.8 Å². The summed E-state index contributed by atoms with van der Waals surface area (Å²) in [6.07, 6.45) is 58.8. The van der Waals surface area contributed by atoms with Crippen LogP contribution in [-0.4, -0.2) is 75.6 Å². The Hall–Kier alpha value is -1.54. The number of unbranched alkanes of at least 4 members (excludes halogenated alkanes) is 27. The number of ether oxygens (including phenoxy) is 2. The number of phosphoric acid groups is 1.